The molecule has 0 saturated carbocycles. The number of rotatable bonds is 6. The van der Waals surface area contributed by atoms with Crippen molar-refractivity contribution in [3.8, 4) is 33.4 Å². The van der Waals surface area contributed by atoms with Crippen molar-refractivity contribution in [2.24, 2.45) is 0 Å². The highest BCUT2D eigenvalue weighted by atomic mass is 15.1. The molecule has 0 amide bonds. The van der Waals surface area contributed by atoms with Crippen LogP contribution >= 0.6 is 0 Å². The maximum atomic E-state index is 2.46. The van der Waals surface area contributed by atoms with Crippen molar-refractivity contribution in [1.82, 2.24) is 0 Å². The van der Waals surface area contributed by atoms with Gasteiger partial charge in [0.05, 0.1) is 11.4 Å². The molecule has 0 fully saturated rings. The molecule has 49 heavy (non-hydrogen) atoms. The topological polar surface area (TPSA) is 3.24 Å². The molecular formula is C48H39N. The van der Waals surface area contributed by atoms with Crippen molar-refractivity contribution in [1.29, 1.82) is 0 Å². The van der Waals surface area contributed by atoms with Crippen LogP contribution in [0.3, 0.4) is 0 Å². The third-order valence-corrected chi connectivity index (χ3v) is 9.62. The van der Waals surface area contributed by atoms with Crippen LogP contribution in [-0.4, -0.2) is 0 Å². The molecular weight excluding hydrogens is 591 g/mol. The van der Waals surface area contributed by atoms with Crippen molar-refractivity contribution in [3.63, 3.8) is 0 Å². The summed E-state index contributed by atoms with van der Waals surface area (Å²) >= 11 is 0. The number of fused-ring (bicyclic) bond motifs is 2. The number of benzene rings is 8. The van der Waals surface area contributed by atoms with Crippen LogP contribution in [0.25, 0.3) is 54.9 Å². The molecule has 8 aromatic carbocycles. The quantitative estimate of drug-likeness (QED) is 0.177. The standard InChI is InChI=1S/C48H39N/c1-48(2,3)39-30-27-36(28-31-39)41-21-9-11-25-45(41)49(40-32-29-34-15-7-8-18-38(34)33-40)46-26-12-10-22-43(46)44-24-14-20-37-19-13-23-42(47(37)44)35-16-5-4-6-17-35/h4-33H,1-3H3. The third-order valence-electron chi connectivity index (χ3n) is 9.62. The fourth-order valence-corrected chi connectivity index (χ4v) is 7.11. The van der Waals surface area contributed by atoms with Gasteiger partial charge in [0, 0.05) is 16.8 Å². The van der Waals surface area contributed by atoms with Gasteiger partial charge in [0.2, 0.25) is 0 Å². The van der Waals surface area contributed by atoms with E-state index in [-0.39, 0.29) is 5.41 Å². The second kappa shape index (κ2) is 12.6. The first kappa shape index (κ1) is 30.4. The van der Waals surface area contributed by atoms with Crippen LogP contribution < -0.4 is 4.90 Å². The molecule has 0 aliphatic carbocycles. The van der Waals surface area contributed by atoms with Gasteiger partial charge in [-0.05, 0) is 79.0 Å². The lowest BCUT2D eigenvalue weighted by Gasteiger charge is -2.30. The summed E-state index contributed by atoms with van der Waals surface area (Å²) in [6, 6.07) is 66.4. The van der Waals surface area contributed by atoms with Gasteiger partial charge < -0.3 is 4.90 Å². The van der Waals surface area contributed by atoms with Crippen LogP contribution in [0, 0.1) is 0 Å². The molecule has 0 aliphatic rings. The Labute approximate surface area is 289 Å². The Hall–Kier alpha value is -5.92. The van der Waals surface area contributed by atoms with Crippen molar-refractivity contribution in [3.05, 3.63) is 188 Å². The molecule has 0 aliphatic heterocycles. The average Bonchev–Trinajstić information content (AvgIpc) is 3.15. The van der Waals surface area contributed by atoms with E-state index in [1.54, 1.807) is 0 Å². The Morgan fingerprint density at radius 2 is 0.898 bits per heavy atom. The van der Waals surface area contributed by atoms with E-state index in [1.165, 1.54) is 60.5 Å². The van der Waals surface area contributed by atoms with Gasteiger partial charge in [-0.3, -0.25) is 0 Å². The SMILES string of the molecule is CC(C)(C)c1ccc(-c2ccccc2N(c2ccc3ccccc3c2)c2ccccc2-c2cccc3cccc(-c4ccccc4)c23)cc1. The number of hydrogen-bond donors (Lipinski definition) is 0. The smallest absolute Gasteiger partial charge is 0.0540 e. The minimum atomic E-state index is 0.0885. The highest BCUT2D eigenvalue weighted by molar-refractivity contribution is 6.09. The van der Waals surface area contributed by atoms with Gasteiger partial charge in [0.1, 0.15) is 0 Å². The van der Waals surface area contributed by atoms with E-state index in [0.29, 0.717) is 0 Å². The predicted molar refractivity (Wildman–Crippen MR) is 211 cm³/mol. The lowest BCUT2D eigenvalue weighted by molar-refractivity contribution is 0.590. The van der Waals surface area contributed by atoms with Gasteiger partial charge >= 0.3 is 0 Å². The van der Waals surface area contributed by atoms with Gasteiger partial charge in [-0.25, -0.2) is 0 Å². The lowest BCUT2D eigenvalue weighted by Crippen LogP contribution is -2.13. The summed E-state index contributed by atoms with van der Waals surface area (Å²) in [5.74, 6) is 0. The average molecular weight is 630 g/mol. The molecule has 1 heteroatoms. The zero-order valence-corrected chi connectivity index (χ0v) is 28.3. The molecule has 0 saturated heterocycles. The summed E-state index contributed by atoms with van der Waals surface area (Å²) in [6.07, 6.45) is 0. The molecule has 1 nitrogen and oxygen atoms in total. The Morgan fingerprint density at radius 1 is 0.367 bits per heavy atom. The second-order valence-electron chi connectivity index (χ2n) is 13.8. The summed E-state index contributed by atoms with van der Waals surface area (Å²) in [6.45, 7) is 6.81. The molecule has 0 aromatic heterocycles. The monoisotopic (exact) mass is 629 g/mol. The largest absolute Gasteiger partial charge is 0.309 e. The number of hydrogen-bond acceptors (Lipinski definition) is 1. The van der Waals surface area contributed by atoms with Crippen molar-refractivity contribution >= 4 is 38.6 Å². The molecule has 0 bridgehead atoms. The lowest BCUT2D eigenvalue weighted by atomic mass is 9.86. The van der Waals surface area contributed by atoms with Crippen LogP contribution in [0.4, 0.5) is 17.1 Å². The summed E-state index contributed by atoms with van der Waals surface area (Å²) in [5, 5.41) is 4.93. The van der Waals surface area contributed by atoms with Crippen LogP contribution in [-0.2, 0) is 5.41 Å². The Balaban J connectivity index is 1.39. The molecule has 0 radical (unpaired) electrons. The number of para-hydroxylation sites is 2. The van der Waals surface area contributed by atoms with Crippen molar-refractivity contribution in [2.75, 3.05) is 4.90 Å². The molecule has 8 aromatic rings. The minimum Gasteiger partial charge on any atom is -0.309 e. The number of anilines is 3. The first-order chi connectivity index (χ1) is 24.0. The summed E-state index contributed by atoms with van der Waals surface area (Å²) in [5.41, 5.74) is 12.0. The molecule has 0 atom stereocenters. The van der Waals surface area contributed by atoms with Crippen LogP contribution in [0.5, 0.6) is 0 Å². The van der Waals surface area contributed by atoms with Gasteiger partial charge in [0.15, 0.2) is 0 Å². The maximum Gasteiger partial charge on any atom is 0.0540 e. The zero-order chi connectivity index (χ0) is 33.4. The molecule has 236 valence electrons. The summed E-state index contributed by atoms with van der Waals surface area (Å²) < 4.78 is 0. The van der Waals surface area contributed by atoms with E-state index in [1.807, 2.05) is 0 Å². The molecule has 0 unspecified atom stereocenters. The van der Waals surface area contributed by atoms with E-state index < -0.39 is 0 Å². The first-order valence-electron chi connectivity index (χ1n) is 17.1. The minimum absolute atomic E-state index is 0.0885. The second-order valence-corrected chi connectivity index (χ2v) is 13.8. The zero-order valence-electron chi connectivity index (χ0n) is 28.3. The van der Waals surface area contributed by atoms with Gasteiger partial charge in [-0.1, -0.05) is 178 Å². The predicted octanol–water partition coefficient (Wildman–Crippen LogP) is 13.8. The Bertz CT molecular complexity index is 2410. The Kier molecular flexibility index (Phi) is 7.82. The normalized spacial score (nSPS) is 11.6. The third kappa shape index (κ3) is 5.79. The van der Waals surface area contributed by atoms with E-state index >= 15 is 0 Å². The van der Waals surface area contributed by atoms with Gasteiger partial charge in [-0.15, -0.1) is 0 Å². The van der Waals surface area contributed by atoms with Crippen molar-refractivity contribution in [2.45, 2.75) is 26.2 Å². The van der Waals surface area contributed by atoms with E-state index in [2.05, 4.69) is 208 Å². The van der Waals surface area contributed by atoms with Crippen LogP contribution in [0.2, 0.25) is 0 Å². The van der Waals surface area contributed by atoms with Crippen molar-refractivity contribution < 1.29 is 0 Å². The summed E-state index contributed by atoms with van der Waals surface area (Å²) in [7, 11) is 0. The van der Waals surface area contributed by atoms with Crippen LogP contribution in [0.15, 0.2) is 182 Å². The van der Waals surface area contributed by atoms with Crippen LogP contribution in [0.1, 0.15) is 26.3 Å². The fourth-order valence-electron chi connectivity index (χ4n) is 7.11. The molecule has 0 heterocycles. The van der Waals surface area contributed by atoms with E-state index in [0.717, 1.165) is 17.1 Å². The molecule has 0 spiro atoms. The van der Waals surface area contributed by atoms with Gasteiger partial charge in [-0.2, -0.15) is 0 Å². The maximum absolute atomic E-state index is 2.46. The number of nitrogens with zero attached hydrogens (tertiary/aromatic N) is 1. The van der Waals surface area contributed by atoms with E-state index in [4.69, 9.17) is 0 Å². The molecule has 0 N–H and O–H groups in total. The van der Waals surface area contributed by atoms with E-state index in [9.17, 15) is 0 Å². The summed E-state index contributed by atoms with van der Waals surface area (Å²) in [4.78, 5) is 2.46. The first-order valence-corrected chi connectivity index (χ1v) is 17.1. The molecule has 8 rings (SSSR count). The highest BCUT2D eigenvalue weighted by Crippen LogP contribution is 2.47. The van der Waals surface area contributed by atoms with Gasteiger partial charge in [0.25, 0.3) is 0 Å². The fraction of sp³-hybridized carbons (Fsp3) is 0.0833. The highest BCUT2D eigenvalue weighted by Gasteiger charge is 2.22. The Morgan fingerprint density at radius 3 is 1.61 bits per heavy atom.